The van der Waals surface area contributed by atoms with Crippen molar-refractivity contribution in [2.45, 2.75) is 19.6 Å². The molecule has 0 amide bonds. The van der Waals surface area contributed by atoms with Crippen LogP contribution in [0.3, 0.4) is 0 Å². The number of halogens is 3. The summed E-state index contributed by atoms with van der Waals surface area (Å²) in [5.74, 6) is 0. The van der Waals surface area contributed by atoms with E-state index in [0.29, 0.717) is 27.8 Å². The molecule has 0 saturated carbocycles. The Balaban J connectivity index is 2.54. The third-order valence-corrected chi connectivity index (χ3v) is 3.94. The summed E-state index contributed by atoms with van der Waals surface area (Å²) in [5, 5.41) is 15.5. The topological polar surface area (TPSA) is 38.0 Å². The van der Waals surface area contributed by atoms with Crippen molar-refractivity contribution in [3.63, 3.8) is 0 Å². The molecule has 0 aliphatic rings. The van der Waals surface area contributed by atoms with E-state index in [4.69, 9.17) is 23.2 Å². The van der Waals surface area contributed by atoms with Crippen molar-refractivity contribution in [2.75, 3.05) is 0 Å². The fourth-order valence-electron chi connectivity index (χ4n) is 1.80. The van der Waals surface area contributed by atoms with E-state index in [9.17, 15) is 5.11 Å². The number of aromatic nitrogens is 2. The molecule has 6 heteroatoms. The first kappa shape index (κ1) is 13.9. The molecule has 0 aliphatic heterocycles. The summed E-state index contributed by atoms with van der Waals surface area (Å²) >= 11 is 15.6. The molecule has 96 valence electrons. The van der Waals surface area contributed by atoms with Gasteiger partial charge in [-0.1, -0.05) is 29.3 Å². The van der Waals surface area contributed by atoms with E-state index in [1.54, 1.807) is 29.1 Å². The van der Waals surface area contributed by atoms with Crippen LogP contribution in [0, 0.1) is 0 Å². The summed E-state index contributed by atoms with van der Waals surface area (Å²) < 4.78 is 2.43. The molecule has 0 bridgehead atoms. The summed E-state index contributed by atoms with van der Waals surface area (Å²) in [4.78, 5) is 0. The predicted octanol–water partition coefficient (Wildman–Crippen LogP) is 4.05. The van der Waals surface area contributed by atoms with Crippen LogP contribution in [-0.2, 0) is 6.54 Å². The SMILES string of the molecule is CCn1ncc(Br)c1C(O)c1c(Cl)cccc1Cl. The van der Waals surface area contributed by atoms with Crippen LogP contribution in [0.2, 0.25) is 10.0 Å². The molecule has 2 rings (SSSR count). The summed E-state index contributed by atoms with van der Waals surface area (Å²) in [6.45, 7) is 2.60. The third-order valence-electron chi connectivity index (χ3n) is 2.66. The zero-order valence-electron chi connectivity index (χ0n) is 9.57. The Labute approximate surface area is 123 Å². The van der Waals surface area contributed by atoms with Gasteiger partial charge in [0.2, 0.25) is 0 Å². The Bertz CT molecular complexity index is 551. The summed E-state index contributed by atoms with van der Waals surface area (Å²) in [6.07, 6.45) is 0.732. The Morgan fingerprint density at radius 1 is 1.39 bits per heavy atom. The molecule has 3 nitrogen and oxygen atoms in total. The molecule has 0 saturated heterocycles. The molecule has 0 spiro atoms. The number of aliphatic hydroxyl groups excluding tert-OH is 1. The molecule has 2 aromatic rings. The molecule has 0 fully saturated rings. The molecule has 0 aliphatic carbocycles. The molecule has 1 aromatic heterocycles. The largest absolute Gasteiger partial charge is 0.382 e. The first-order valence-electron chi connectivity index (χ1n) is 5.39. The number of nitrogens with zero attached hydrogens (tertiary/aromatic N) is 2. The van der Waals surface area contributed by atoms with Crippen LogP contribution in [0.1, 0.15) is 24.3 Å². The molecule has 1 aromatic carbocycles. The summed E-state index contributed by atoms with van der Waals surface area (Å²) in [6, 6.07) is 5.14. The van der Waals surface area contributed by atoms with Crippen molar-refractivity contribution in [3.8, 4) is 0 Å². The van der Waals surface area contributed by atoms with Crippen molar-refractivity contribution in [3.05, 3.63) is 50.2 Å². The van der Waals surface area contributed by atoms with E-state index < -0.39 is 6.10 Å². The molecular weight excluding hydrogens is 339 g/mol. The Hall–Kier alpha value is -0.550. The fourth-order valence-corrected chi connectivity index (χ4v) is 2.92. The normalized spacial score (nSPS) is 12.7. The lowest BCUT2D eigenvalue weighted by atomic mass is 10.1. The number of rotatable bonds is 3. The van der Waals surface area contributed by atoms with Crippen LogP contribution in [0.25, 0.3) is 0 Å². The van der Waals surface area contributed by atoms with Crippen LogP contribution < -0.4 is 0 Å². The zero-order chi connectivity index (χ0) is 13.3. The quantitative estimate of drug-likeness (QED) is 0.907. The number of hydrogen-bond acceptors (Lipinski definition) is 2. The smallest absolute Gasteiger partial charge is 0.125 e. The highest BCUT2D eigenvalue weighted by molar-refractivity contribution is 9.10. The van der Waals surface area contributed by atoms with Crippen LogP contribution in [-0.4, -0.2) is 14.9 Å². The average molecular weight is 350 g/mol. The predicted molar refractivity (Wildman–Crippen MR) is 76.1 cm³/mol. The van der Waals surface area contributed by atoms with Crippen molar-refractivity contribution in [1.82, 2.24) is 9.78 Å². The molecule has 0 radical (unpaired) electrons. The number of aryl methyl sites for hydroxylation is 1. The summed E-state index contributed by atoms with van der Waals surface area (Å²) in [7, 11) is 0. The van der Waals surface area contributed by atoms with Gasteiger partial charge in [-0.3, -0.25) is 4.68 Å². The maximum absolute atomic E-state index is 10.5. The van der Waals surface area contributed by atoms with Crippen LogP contribution in [0.4, 0.5) is 0 Å². The average Bonchev–Trinajstić information content (AvgIpc) is 2.70. The highest BCUT2D eigenvalue weighted by atomic mass is 79.9. The third kappa shape index (κ3) is 2.43. The standard InChI is InChI=1S/C12H11BrCl2N2O/c1-2-17-11(7(13)6-16-17)12(18)10-8(14)4-3-5-9(10)15/h3-6,12,18H,2H2,1H3. The van der Waals surface area contributed by atoms with Gasteiger partial charge in [0, 0.05) is 22.2 Å². The monoisotopic (exact) mass is 348 g/mol. The minimum atomic E-state index is -0.914. The van der Waals surface area contributed by atoms with E-state index in [1.807, 2.05) is 6.92 Å². The van der Waals surface area contributed by atoms with Crippen LogP contribution in [0.15, 0.2) is 28.9 Å². The van der Waals surface area contributed by atoms with Crippen molar-refractivity contribution in [1.29, 1.82) is 0 Å². The van der Waals surface area contributed by atoms with Gasteiger partial charge in [-0.05, 0) is 35.0 Å². The van der Waals surface area contributed by atoms with Gasteiger partial charge in [0.15, 0.2) is 0 Å². The Morgan fingerprint density at radius 2 is 2.00 bits per heavy atom. The lowest BCUT2D eigenvalue weighted by Gasteiger charge is -2.16. The second kappa shape index (κ2) is 5.61. The molecular formula is C12H11BrCl2N2O. The maximum atomic E-state index is 10.5. The van der Waals surface area contributed by atoms with Gasteiger partial charge in [-0.25, -0.2) is 0 Å². The number of benzene rings is 1. The Morgan fingerprint density at radius 3 is 2.56 bits per heavy atom. The molecule has 1 unspecified atom stereocenters. The lowest BCUT2D eigenvalue weighted by Crippen LogP contribution is -2.10. The van der Waals surface area contributed by atoms with Crippen LogP contribution >= 0.6 is 39.1 Å². The highest BCUT2D eigenvalue weighted by Crippen LogP contribution is 2.36. The van der Waals surface area contributed by atoms with Crippen molar-refractivity contribution >= 4 is 39.1 Å². The molecule has 1 atom stereocenters. The van der Waals surface area contributed by atoms with Crippen molar-refractivity contribution < 1.29 is 5.11 Å². The van der Waals surface area contributed by atoms with E-state index in [0.717, 1.165) is 4.47 Å². The molecule has 1 N–H and O–H groups in total. The minimum Gasteiger partial charge on any atom is -0.382 e. The van der Waals surface area contributed by atoms with E-state index in [2.05, 4.69) is 21.0 Å². The lowest BCUT2D eigenvalue weighted by molar-refractivity contribution is 0.207. The van der Waals surface area contributed by atoms with Gasteiger partial charge in [0.1, 0.15) is 6.10 Å². The van der Waals surface area contributed by atoms with Crippen LogP contribution in [0.5, 0.6) is 0 Å². The summed E-state index contributed by atoms with van der Waals surface area (Å²) in [5.41, 5.74) is 1.14. The van der Waals surface area contributed by atoms with Crippen molar-refractivity contribution in [2.24, 2.45) is 0 Å². The Kier molecular flexibility index (Phi) is 4.33. The van der Waals surface area contributed by atoms with Gasteiger partial charge in [-0.2, -0.15) is 5.10 Å². The molecule has 18 heavy (non-hydrogen) atoms. The van der Waals surface area contributed by atoms with Gasteiger partial charge in [0.25, 0.3) is 0 Å². The number of hydrogen-bond donors (Lipinski definition) is 1. The van der Waals surface area contributed by atoms with Gasteiger partial charge >= 0.3 is 0 Å². The minimum absolute atomic E-state index is 0.436. The second-order valence-electron chi connectivity index (χ2n) is 3.73. The fraction of sp³-hybridized carbons (Fsp3) is 0.250. The number of aliphatic hydroxyl groups is 1. The van der Waals surface area contributed by atoms with E-state index in [-0.39, 0.29) is 0 Å². The van der Waals surface area contributed by atoms with E-state index >= 15 is 0 Å². The zero-order valence-corrected chi connectivity index (χ0v) is 12.7. The van der Waals surface area contributed by atoms with Gasteiger partial charge < -0.3 is 5.11 Å². The van der Waals surface area contributed by atoms with E-state index in [1.165, 1.54) is 0 Å². The molecule has 1 heterocycles. The first-order chi connectivity index (χ1) is 8.56. The van der Waals surface area contributed by atoms with Gasteiger partial charge in [-0.15, -0.1) is 0 Å². The maximum Gasteiger partial charge on any atom is 0.125 e. The second-order valence-corrected chi connectivity index (χ2v) is 5.40. The highest BCUT2D eigenvalue weighted by Gasteiger charge is 2.23. The first-order valence-corrected chi connectivity index (χ1v) is 6.94. The van der Waals surface area contributed by atoms with Gasteiger partial charge in [0.05, 0.1) is 16.4 Å².